The molecule has 1 saturated heterocycles. The maximum Gasteiger partial charge on any atom is 0.165 e. The summed E-state index contributed by atoms with van der Waals surface area (Å²) >= 11 is 0. The third-order valence-electron chi connectivity index (χ3n) is 4.37. The fourth-order valence-electron chi connectivity index (χ4n) is 3.17. The van der Waals surface area contributed by atoms with Crippen LogP contribution in [0.1, 0.15) is 43.5 Å². The second kappa shape index (κ2) is 5.09. The van der Waals surface area contributed by atoms with Gasteiger partial charge in [-0.15, -0.1) is 10.2 Å². The molecule has 0 aromatic carbocycles. The van der Waals surface area contributed by atoms with Crippen molar-refractivity contribution in [3.05, 3.63) is 36.3 Å². The van der Waals surface area contributed by atoms with Crippen LogP contribution in [0.3, 0.4) is 0 Å². The molecule has 2 aromatic heterocycles. The van der Waals surface area contributed by atoms with E-state index in [1.54, 1.807) is 12.3 Å². The van der Waals surface area contributed by atoms with Crippen molar-refractivity contribution in [1.82, 2.24) is 19.7 Å². The van der Waals surface area contributed by atoms with Crippen LogP contribution in [0.25, 0.3) is 0 Å². The molecular formula is C15H18FN5. The number of halogens is 1. The van der Waals surface area contributed by atoms with Crippen LogP contribution in [0.4, 0.5) is 10.2 Å². The summed E-state index contributed by atoms with van der Waals surface area (Å²) < 4.78 is 16.1. The highest BCUT2D eigenvalue weighted by Crippen LogP contribution is 2.38. The molecule has 3 heterocycles. The molecule has 0 unspecified atom stereocenters. The molecule has 0 N–H and O–H groups in total. The monoisotopic (exact) mass is 287 g/mol. The average Bonchev–Trinajstić information content (AvgIpc) is 3.25. The predicted octanol–water partition coefficient (Wildman–Crippen LogP) is 2.53. The standard InChI is InChI=1S/C15H18FN5/c16-13-4-1-7-17-15(13)20-8-2-3-11(9-20)14-19-18-10-21(14)12-5-6-12/h1,4,7,10-12H,2-3,5-6,8-9H2/t11-/m1/s1. The molecule has 5 nitrogen and oxygen atoms in total. The maximum absolute atomic E-state index is 13.9. The van der Waals surface area contributed by atoms with Crippen molar-refractivity contribution in [2.45, 2.75) is 37.6 Å². The third kappa shape index (κ3) is 2.39. The molecule has 1 atom stereocenters. The molecule has 2 aromatic rings. The van der Waals surface area contributed by atoms with Gasteiger partial charge in [-0.1, -0.05) is 0 Å². The molecule has 0 amide bonds. The van der Waals surface area contributed by atoms with Gasteiger partial charge in [0.2, 0.25) is 0 Å². The average molecular weight is 287 g/mol. The molecule has 2 aliphatic rings. The van der Waals surface area contributed by atoms with Crippen LogP contribution in [-0.2, 0) is 0 Å². The van der Waals surface area contributed by atoms with Gasteiger partial charge in [0.1, 0.15) is 12.2 Å². The van der Waals surface area contributed by atoms with E-state index >= 15 is 0 Å². The summed E-state index contributed by atoms with van der Waals surface area (Å²) in [4.78, 5) is 6.23. The summed E-state index contributed by atoms with van der Waals surface area (Å²) in [7, 11) is 0. The van der Waals surface area contributed by atoms with Gasteiger partial charge >= 0.3 is 0 Å². The van der Waals surface area contributed by atoms with E-state index in [4.69, 9.17) is 0 Å². The number of nitrogens with zero attached hydrogens (tertiary/aromatic N) is 5. The van der Waals surface area contributed by atoms with Crippen molar-refractivity contribution in [2.24, 2.45) is 0 Å². The first kappa shape index (κ1) is 12.7. The highest BCUT2D eigenvalue weighted by molar-refractivity contribution is 5.40. The van der Waals surface area contributed by atoms with E-state index in [0.29, 0.717) is 17.8 Å². The zero-order chi connectivity index (χ0) is 14.2. The van der Waals surface area contributed by atoms with Crippen molar-refractivity contribution < 1.29 is 4.39 Å². The smallest absolute Gasteiger partial charge is 0.165 e. The highest BCUT2D eigenvalue weighted by Gasteiger charge is 2.32. The minimum absolute atomic E-state index is 0.248. The first-order chi connectivity index (χ1) is 10.3. The molecule has 2 fully saturated rings. The number of pyridine rings is 1. The summed E-state index contributed by atoms with van der Waals surface area (Å²) in [5.41, 5.74) is 0. The zero-order valence-corrected chi connectivity index (χ0v) is 11.8. The van der Waals surface area contributed by atoms with Crippen LogP contribution in [0, 0.1) is 5.82 Å². The molecule has 1 aliphatic carbocycles. The number of anilines is 1. The van der Waals surface area contributed by atoms with Gasteiger partial charge in [-0.3, -0.25) is 0 Å². The lowest BCUT2D eigenvalue weighted by Gasteiger charge is -2.33. The van der Waals surface area contributed by atoms with Crippen LogP contribution in [0.5, 0.6) is 0 Å². The molecule has 110 valence electrons. The van der Waals surface area contributed by atoms with Crippen LogP contribution in [-0.4, -0.2) is 32.8 Å². The molecule has 4 rings (SSSR count). The van der Waals surface area contributed by atoms with Crippen molar-refractivity contribution in [1.29, 1.82) is 0 Å². The van der Waals surface area contributed by atoms with Crippen LogP contribution in [0.15, 0.2) is 24.7 Å². The van der Waals surface area contributed by atoms with E-state index in [-0.39, 0.29) is 5.82 Å². The minimum Gasteiger partial charge on any atom is -0.353 e. The SMILES string of the molecule is Fc1cccnc1N1CCC[C@@H](c2nncn2C2CC2)C1. The van der Waals surface area contributed by atoms with Crippen molar-refractivity contribution in [2.75, 3.05) is 18.0 Å². The van der Waals surface area contributed by atoms with Gasteiger partial charge in [-0.25, -0.2) is 9.37 Å². The van der Waals surface area contributed by atoms with E-state index in [0.717, 1.165) is 31.8 Å². The molecule has 1 aliphatic heterocycles. The summed E-state index contributed by atoms with van der Waals surface area (Å²) in [5, 5.41) is 8.40. The highest BCUT2D eigenvalue weighted by atomic mass is 19.1. The Hall–Kier alpha value is -1.98. The second-order valence-electron chi connectivity index (χ2n) is 5.92. The van der Waals surface area contributed by atoms with Crippen molar-refractivity contribution >= 4 is 5.82 Å². The zero-order valence-electron chi connectivity index (χ0n) is 11.8. The van der Waals surface area contributed by atoms with Crippen LogP contribution < -0.4 is 4.90 Å². The summed E-state index contributed by atoms with van der Waals surface area (Å²) in [6, 6.07) is 3.68. The Bertz CT molecular complexity index is 636. The van der Waals surface area contributed by atoms with E-state index in [2.05, 4.69) is 19.7 Å². The summed E-state index contributed by atoms with van der Waals surface area (Å²) in [5.74, 6) is 1.57. The Morgan fingerprint density at radius 3 is 2.95 bits per heavy atom. The topological polar surface area (TPSA) is 46.8 Å². The second-order valence-corrected chi connectivity index (χ2v) is 5.92. The number of rotatable bonds is 3. The van der Waals surface area contributed by atoms with Gasteiger partial charge in [0.05, 0.1) is 0 Å². The third-order valence-corrected chi connectivity index (χ3v) is 4.37. The lowest BCUT2D eigenvalue weighted by molar-refractivity contribution is 0.463. The van der Waals surface area contributed by atoms with Crippen molar-refractivity contribution in [3.8, 4) is 0 Å². The summed E-state index contributed by atoms with van der Waals surface area (Å²) in [6.45, 7) is 1.61. The fraction of sp³-hybridized carbons (Fsp3) is 0.533. The van der Waals surface area contributed by atoms with Gasteiger partial charge in [-0.05, 0) is 37.8 Å². The molecule has 1 saturated carbocycles. The van der Waals surface area contributed by atoms with Gasteiger partial charge < -0.3 is 9.47 Å². The Morgan fingerprint density at radius 2 is 2.14 bits per heavy atom. The first-order valence-electron chi connectivity index (χ1n) is 7.58. The Balaban J connectivity index is 1.58. The number of piperidine rings is 1. The number of hydrogen-bond acceptors (Lipinski definition) is 4. The Kier molecular flexibility index (Phi) is 3.09. The summed E-state index contributed by atoms with van der Waals surface area (Å²) in [6.07, 6.45) is 8.03. The molecule has 0 spiro atoms. The predicted molar refractivity (Wildman–Crippen MR) is 76.7 cm³/mol. The van der Waals surface area contributed by atoms with Crippen LogP contribution >= 0.6 is 0 Å². The molecule has 0 radical (unpaired) electrons. The van der Waals surface area contributed by atoms with E-state index in [1.165, 1.54) is 18.9 Å². The fourth-order valence-corrected chi connectivity index (χ4v) is 3.17. The molecule has 6 heteroatoms. The van der Waals surface area contributed by atoms with Crippen molar-refractivity contribution in [3.63, 3.8) is 0 Å². The number of hydrogen-bond donors (Lipinski definition) is 0. The van der Waals surface area contributed by atoms with Gasteiger partial charge in [0.15, 0.2) is 11.6 Å². The molecular weight excluding hydrogens is 269 g/mol. The van der Waals surface area contributed by atoms with E-state index in [9.17, 15) is 4.39 Å². The quantitative estimate of drug-likeness (QED) is 0.870. The lowest BCUT2D eigenvalue weighted by atomic mass is 9.97. The largest absolute Gasteiger partial charge is 0.353 e. The Labute approximate surface area is 122 Å². The van der Waals surface area contributed by atoms with E-state index < -0.39 is 0 Å². The maximum atomic E-state index is 13.9. The van der Waals surface area contributed by atoms with Gasteiger partial charge in [0, 0.05) is 31.2 Å². The van der Waals surface area contributed by atoms with Gasteiger partial charge in [0.25, 0.3) is 0 Å². The van der Waals surface area contributed by atoms with Gasteiger partial charge in [-0.2, -0.15) is 0 Å². The number of aromatic nitrogens is 4. The molecule has 21 heavy (non-hydrogen) atoms. The van der Waals surface area contributed by atoms with E-state index in [1.807, 2.05) is 11.2 Å². The normalized spacial score (nSPS) is 22.5. The van der Waals surface area contributed by atoms with Crippen LogP contribution in [0.2, 0.25) is 0 Å². The minimum atomic E-state index is -0.248. The molecule has 0 bridgehead atoms. The Morgan fingerprint density at radius 1 is 1.24 bits per heavy atom. The first-order valence-corrected chi connectivity index (χ1v) is 7.58. The lowest BCUT2D eigenvalue weighted by Crippen LogP contribution is -2.36.